The van der Waals surface area contributed by atoms with Crippen molar-refractivity contribution in [3.8, 4) is 0 Å². The second-order valence-corrected chi connectivity index (χ2v) is 2.96. The summed E-state index contributed by atoms with van der Waals surface area (Å²) in [6.07, 6.45) is 0. The van der Waals surface area contributed by atoms with Crippen LogP contribution in [0.5, 0.6) is 0 Å². The molecule has 1 rings (SSSR count). The second kappa shape index (κ2) is 4.64. The van der Waals surface area contributed by atoms with Crippen molar-refractivity contribution in [2.75, 3.05) is 14.2 Å². The van der Waals surface area contributed by atoms with Gasteiger partial charge in [-0.25, -0.2) is 9.59 Å². The predicted molar refractivity (Wildman–Crippen MR) is 57.3 cm³/mol. The second-order valence-electron chi connectivity index (χ2n) is 2.96. The zero-order valence-corrected chi connectivity index (χ0v) is 8.87. The fourth-order valence-corrected chi connectivity index (χ4v) is 1.30. The third kappa shape index (κ3) is 2.18. The van der Waals surface area contributed by atoms with Crippen LogP contribution in [-0.2, 0) is 9.47 Å². The summed E-state index contributed by atoms with van der Waals surface area (Å²) in [6.45, 7) is 0. The lowest BCUT2D eigenvalue weighted by atomic mass is 9.85. The summed E-state index contributed by atoms with van der Waals surface area (Å²) in [5.74, 6) is -0.920. The predicted octanol–water partition coefficient (Wildman–Crippen LogP) is -0.482. The first-order valence-electron chi connectivity index (χ1n) is 4.38. The molecule has 0 fully saturated rings. The molecular weight excluding hydrogens is 195 g/mol. The molecule has 0 aromatic heterocycles. The van der Waals surface area contributed by atoms with Crippen molar-refractivity contribution in [3.63, 3.8) is 0 Å². The molecule has 0 amide bonds. The van der Waals surface area contributed by atoms with Crippen molar-refractivity contribution < 1.29 is 19.1 Å². The molecule has 0 bridgehead atoms. The number of carbonyl (C=O) groups is 2. The van der Waals surface area contributed by atoms with Crippen LogP contribution in [0.15, 0.2) is 18.2 Å². The summed E-state index contributed by atoms with van der Waals surface area (Å²) in [4.78, 5) is 22.6. The molecule has 78 valence electrons. The first kappa shape index (κ1) is 11.3. The fourth-order valence-electron chi connectivity index (χ4n) is 1.30. The molecule has 0 atom stereocenters. The molecule has 0 aliphatic carbocycles. The van der Waals surface area contributed by atoms with Crippen LogP contribution in [0, 0.1) is 0 Å². The Labute approximate surface area is 88.6 Å². The molecule has 0 heterocycles. The smallest absolute Gasteiger partial charge is 0.337 e. The van der Waals surface area contributed by atoms with E-state index in [1.807, 2.05) is 0 Å². The van der Waals surface area contributed by atoms with E-state index in [0.717, 1.165) is 0 Å². The van der Waals surface area contributed by atoms with E-state index in [9.17, 15) is 9.59 Å². The topological polar surface area (TPSA) is 52.6 Å². The third-order valence-electron chi connectivity index (χ3n) is 2.14. The molecule has 1 aromatic carbocycles. The molecule has 15 heavy (non-hydrogen) atoms. The normalized spacial score (nSPS) is 9.47. The highest BCUT2D eigenvalue weighted by Crippen LogP contribution is 2.04. The minimum Gasteiger partial charge on any atom is -0.465 e. The highest BCUT2D eigenvalue weighted by atomic mass is 16.5. The van der Waals surface area contributed by atoms with Gasteiger partial charge in [0.25, 0.3) is 0 Å². The van der Waals surface area contributed by atoms with Gasteiger partial charge in [0.05, 0.1) is 25.3 Å². The van der Waals surface area contributed by atoms with E-state index in [2.05, 4.69) is 9.47 Å². The average molecular weight is 206 g/mol. The van der Waals surface area contributed by atoms with Gasteiger partial charge in [0, 0.05) is 0 Å². The van der Waals surface area contributed by atoms with Crippen molar-refractivity contribution in [2.45, 2.75) is 0 Å². The molecule has 0 aliphatic rings. The minimum absolute atomic E-state index is 0.375. The van der Waals surface area contributed by atoms with Crippen molar-refractivity contribution in [2.24, 2.45) is 0 Å². The molecule has 0 radical (unpaired) electrons. The Hall–Kier alpha value is -1.78. The van der Waals surface area contributed by atoms with Crippen LogP contribution in [0.2, 0.25) is 0 Å². The Balaban J connectivity index is 3.23. The lowest BCUT2D eigenvalue weighted by Crippen LogP contribution is -2.24. The van der Waals surface area contributed by atoms with Gasteiger partial charge < -0.3 is 9.47 Å². The van der Waals surface area contributed by atoms with Crippen molar-refractivity contribution in [1.82, 2.24) is 0 Å². The van der Waals surface area contributed by atoms with Gasteiger partial charge >= 0.3 is 11.9 Å². The number of esters is 2. The van der Waals surface area contributed by atoms with Gasteiger partial charge in [0.1, 0.15) is 7.85 Å². The highest BCUT2D eigenvalue weighted by Gasteiger charge is 2.15. The maximum atomic E-state index is 11.3. The summed E-state index contributed by atoms with van der Waals surface area (Å²) in [6, 6.07) is 4.83. The van der Waals surface area contributed by atoms with E-state index in [-0.39, 0.29) is 0 Å². The largest absolute Gasteiger partial charge is 0.465 e. The van der Waals surface area contributed by atoms with E-state index < -0.39 is 11.9 Å². The van der Waals surface area contributed by atoms with Crippen LogP contribution < -0.4 is 5.46 Å². The summed E-state index contributed by atoms with van der Waals surface area (Å²) >= 11 is 0. The third-order valence-corrected chi connectivity index (χ3v) is 2.14. The summed E-state index contributed by atoms with van der Waals surface area (Å²) < 4.78 is 9.19. The maximum Gasteiger partial charge on any atom is 0.337 e. The molecule has 0 N–H and O–H groups in total. The number of carbonyl (C=O) groups excluding carboxylic acids is 2. The number of methoxy groups -OCH3 is 2. The monoisotopic (exact) mass is 206 g/mol. The van der Waals surface area contributed by atoms with Gasteiger partial charge in [-0.15, -0.1) is 0 Å². The Morgan fingerprint density at radius 3 is 1.80 bits per heavy atom. The number of hydrogen-bond donors (Lipinski definition) is 0. The number of benzene rings is 1. The summed E-state index contributed by atoms with van der Waals surface area (Å²) in [5, 5.41) is 0. The van der Waals surface area contributed by atoms with Gasteiger partial charge in [-0.05, 0) is 12.1 Å². The molecule has 0 saturated heterocycles. The fraction of sp³-hybridized carbons (Fsp3) is 0.200. The lowest BCUT2D eigenvalue weighted by Gasteiger charge is -2.07. The molecular formula is C10H11BO4. The number of hydrogen-bond acceptors (Lipinski definition) is 4. The molecule has 0 spiro atoms. The number of ether oxygens (including phenoxy) is 2. The standard InChI is InChI=1S/C10H11BO4/c1-14-9(12)6-4-3-5-7(8(6)11)10(13)15-2/h3-5H,11H2,1-2H3. The Kier molecular flexibility index (Phi) is 3.49. The molecule has 0 unspecified atom stereocenters. The van der Waals surface area contributed by atoms with E-state index in [1.54, 1.807) is 26.0 Å². The molecule has 5 heteroatoms. The van der Waals surface area contributed by atoms with Crippen molar-refractivity contribution in [3.05, 3.63) is 29.3 Å². The molecule has 1 aromatic rings. The zero-order chi connectivity index (χ0) is 11.4. The zero-order valence-electron chi connectivity index (χ0n) is 8.87. The van der Waals surface area contributed by atoms with Gasteiger partial charge in [-0.2, -0.15) is 0 Å². The molecule has 0 aliphatic heterocycles. The Bertz CT molecular complexity index is 366. The van der Waals surface area contributed by atoms with Crippen LogP contribution in [0.1, 0.15) is 20.7 Å². The van der Waals surface area contributed by atoms with E-state index >= 15 is 0 Å². The van der Waals surface area contributed by atoms with E-state index in [0.29, 0.717) is 16.6 Å². The van der Waals surface area contributed by atoms with Crippen LogP contribution in [0.3, 0.4) is 0 Å². The molecule has 0 saturated carbocycles. The lowest BCUT2D eigenvalue weighted by molar-refractivity contribution is 0.0602. The van der Waals surface area contributed by atoms with Gasteiger partial charge in [0.15, 0.2) is 0 Å². The molecule has 4 nitrogen and oxygen atoms in total. The first-order valence-corrected chi connectivity index (χ1v) is 4.38. The van der Waals surface area contributed by atoms with Gasteiger partial charge in [-0.1, -0.05) is 11.5 Å². The van der Waals surface area contributed by atoms with Gasteiger partial charge in [-0.3, -0.25) is 0 Å². The minimum atomic E-state index is -0.460. The van der Waals surface area contributed by atoms with E-state index in [4.69, 9.17) is 0 Å². The SMILES string of the molecule is Bc1c(C(=O)OC)cccc1C(=O)OC. The maximum absolute atomic E-state index is 11.3. The van der Waals surface area contributed by atoms with Gasteiger partial charge in [0.2, 0.25) is 0 Å². The van der Waals surface area contributed by atoms with Crippen LogP contribution in [-0.4, -0.2) is 34.0 Å². The summed E-state index contributed by atoms with van der Waals surface area (Å²) in [7, 11) is 4.28. The highest BCUT2D eigenvalue weighted by molar-refractivity contribution is 6.39. The van der Waals surface area contributed by atoms with Crippen molar-refractivity contribution >= 4 is 25.2 Å². The van der Waals surface area contributed by atoms with Crippen LogP contribution in [0.4, 0.5) is 0 Å². The average Bonchev–Trinajstić information content (AvgIpc) is 2.27. The summed E-state index contributed by atoms with van der Waals surface area (Å²) in [5.41, 5.74) is 1.32. The van der Waals surface area contributed by atoms with Crippen LogP contribution >= 0.6 is 0 Å². The van der Waals surface area contributed by atoms with E-state index in [1.165, 1.54) is 14.2 Å². The van der Waals surface area contributed by atoms with Crippen LogP contribution in [0.25, 0.3) is 0 Å². The quantitative estimate of drug-likeness (QED) is 0.484. The first-order chi connectivity index (χ1) is 7.11. The number of rotatable bonds is 2. The van der Waals surface area contributed by atoms with Crippen molar-refractivity contribution in [1.29, 1.82) is 0 Å². The Morgan fingerprint density at radius 1 is 1.07 bits per heavy atom. The Morgan fingerprint density at radius 2 is 1.47 bits per heavy atom.